The minimum Gasteiger partial charge on any atom is -0.264 e. The molecule has 13 heteroatoms. The molecule has 8 aromatic carbocycles. The quantitative estimate of drug-likeness (QED) is 0.141. The molecular weight excluding hydrogens is 1320 g/mol. The molecule has 10 aromatic heterocycles. The maximum Gasteiger partial charge on any atom is 0.159 e. The van der Waals surface area contributed by atoms with E-state index in [1.165, 1.54) is 32.3 Å². The molecule has 0 aliphatic rings. The topological polar surface area (TPSA) is 168 Å². The SMILES string of the molecule is CC.CC.CC.CC.CC.CC.CC.CC.CC.c1ccc2ccccc2c1.c1ccc2cnccc2c1.c1ccc2ncccc2c1.c1ccc2ncccc2c1.c1ccc2nccnc2c1.c1ccc2ncncc2c1.c1ccc2nnccc2c1.c1cnc2cccnc2c1.c1cnc2ncccc2c1. The van der Waals surface area contributed by atoms with Crippen LogP contribution in [-0.4, -0.2) is 65.0 Å². The number of hydrogen-bond acceptors (Lipinski definition) is 13. The number of aromatic nitrogens is 13. The summed E-state index contributed by atoms with van der Waals surface area (Å²) in [6, 6.07) is 92.1. The fourth-order valence-corrected chi connectivity index (χ4v) is 8.77. The predicted molar refractivity (Wildman–Crippen MR) is 469 cm³/mol. The van der Waals surface area contributed by atoms with Gasteiger partial charge in [-0.05, 0) is 131 Å². The molecule has 0 radical (unpaired) electrons. The number of hydrogen-bond donors (Lipinski definition) is 0. The largest absolute Gasteiger partial charge is 0.264 e. The zero-order chi connectivity index (χ0) is 79.3. The highest BCUT2D eigenvalue weighted by Gasteiger charge is 1.94. The third-order valence-corrected chi connectivity index (χ3v) is 13.2. The standard InChI is InChI=1S/C10H8.3C9H7N.5C8H6N2.9C2H6/c1-2-6-10-8-4-3-7-9(10)5-1;2*1-2-6-9-8(4-1)5-3-7-10-9;1-2-4-9-7-10-6-5-8(9)3-1;1-3-7-8(9-5-1)4-2-6-10-7;1-3-7-4-2-6-10-8(7)9-5-1;1-2-4-8-7(3-1)5-9-6-10-8;1-2-4-8-7(3-1)9-5-6-10-8;1-2-4-8-7(3-1)5-6-9-10-8;9*1-2/h1-8H;3*1-7H;5*1-6H;9*1-2H3. The van der Waals surface area contributed by atoms with Gasteiger partial charge in [0.05, 0.1) is 50.3 Å². The van der Waals surface area contributed by atoms with Crippen molar-refractivity contribution < 1.29 is 0 Å². The Morgan fingerprint density at radius 2 is 0.407 bits per heavy atom. The Hall–Kier alpha value is -12.6. The summed E-state index contributed by atoms with van der Waals surface area (Å²) in [6.45, 7) is 36.0. The summed E-state index contributed by atoms with van der Waals surface area (Å²) in [4.78, 5) is 45.0. The number of rotatable bonds is 0. The Morgan fingerprint density at radius 3 is 0.778 bits per heavy atom. The van der Waals surface area contributed by atoms with E-state index in [-0.39, 0.29) is 0 Å². The van der Waals surface area contributed by atoms with Crippen LogP contribution in [-0.2, 0) is 0 Å². The molecular formula is C95H113N13. The second kappa shape index (κ2) is 64.0. The van der Waals surface area contributed by atoms with Gasteiger partial charge in [0.1, 0.15) is 6.33 Å². The third-order valence-electron chi connectivity index (χ3n) is 13.2. The second-order valence-electron chi connectivity index (χ2n) is 19.3. The van der Waals surface area contributed by atoms with Crippen molar-refractivity contribution in [3.05, 3.63) is 360 Å². The molecule has 0 aliphatic heterocycles. The average molecular weight is 1440 g/mol. The first-order chi connectivity index (χ1) is 53.7. The van der Waals surface area contributed by atoms with E-state index in [0.717, 1.165) is 65.9 Å². The van der Waals surface area contributed by atoms with Crippen LogP contribution in [0.1, 0.15) is 125 Å². The summed E-state index contributed by atoms with van der Waals surface area (Å²) < 4.78 is 0. The first kappa shape index (κ1) is 93.4. The van der Waals surface area contributed by atoms with Crippen molar-refractivity contribution in [2.24, 2.45) is 0 Å². The molecule has 0 N–H and O–H groups in total. The third kappa shape index (κ3) is 35.7. The average Bonchev–Trinajstić information content (AvgIpc) is 0.998. The van der Waals surface area contributed by atoms with Crippen molar-refractivity contribution in [3.8, 4) is 0 Å². The molecule has 0 saturated carbocycles. The van der Waals surface area contributed by atoms with Gasteiger partial charge >= 0.3 is 0 Å². The zero-order valence-corrected chi connectivity index (χ0v) is 66.9. The van der Waals surface area contributed by atoms with Crippen LogP contribution in [0.5, 0.6) is 0 Å². The first-order valence-corrected chi connectivity index (χ1v) is 37.8. The molecule has 0 atom stereocenters. The van der Waals surface area contributed by atoms with E-state index in [2.05, 4.69) is 150 Å². The molecule has 13 nitrogen and oxygen atoms in total. The van der Waals surface area contributed by atoms with Gasteiger partial charge in [-0.2, -0.15) is 10.2 Å². The lowest BCUT2D eigenvalue weighted by molar-refractivity contribution is 1.08. The highest BCUT2D eigenvalue weighted by atomic mass is 15.1. The fourth-order valence-electron chi connectivity index (χ4n) is 8.77. The van der Waals surface area contributed by atoms with Gasteiger partial charge in [0.2, 0.25) is 0 Å². The van der Waals surface area contributed by atoms with Crippen LogP contribution in [0.15, 0.2) is 360 Å². The molecule has 0 amide bonds. The van der Waals surface area contributed by atoms with E-state index in [1.54, 1.807) is 49.7 Å². The Kier molecular flexibility index (Phi) is 55.4. The molecule has 10 heterocycles. The highest BCUT2D eigenvalue weighted by molar-refractivity contribution is 5.83. The summed E-state index contributed by atoms with van der Waals surface area (Å²) in [5, 5.41) is 18.5. The van der Waals surface area contributed by atoms with Crippen molar-refractivity contribution in [2.75, 3.05) is 0 Å². The zero-order valence-electron chi connectivity index (χ0n) is 66.9. The molecule has 0 saturated heterocycles. The summed E-state index contributed by atoms with van der Waals surface area (Å²) in [5.74, 6) is 0. The van der Waals surface area contributed by atoms with Crippen molar-refractivity contribution in [2.45, 2.75) is 125 Å². The molecule has 18 rings (SSSR count). The normalized spacial score (nSPS) is 8.83. The molecule has 108 heavy (non-hydrogen) atoms. The Morgan fingerprint density at radius 1 is 0.157 bits per heavy atom. The van der Waals surface area contributed by atoms with E-state index >= 15 is 0 Å². The number of benzene rings is 8. The lowest BCUT2D eigenvalue weighted by Crippen LogP contribution is -1.79. The van der Waals surface area contributed by atoms with Crippen LogP contribution in [0.3, 0.4) is 0 Å². The first-order valence-electron chi connectivity index (χ1n) is 37.8. The van der Waals surface area contributed by atoms with Crippen molar-refractivity contribution in [1.82, 2.24) is 65.0 Å². The van der Waals surface area contributed by atoms with E-state index < -0.39 is 0 Å². The number of fused-ring (bicyclic) bond motifs is 9. The molecule has 558 valence electrons. The van der Waals surface area contributed by atoms with Gasteiger partial charge in [0, 0.05) is 95.1 Å². The Balaban J connectivity index is 0.000000591. The van der Waals surface area contributed by atoms with Crippen LogP contribution in [0.25, 0.3) is 98.3 Å². The lowest BCUT2D eigenvalue weighted by Gasteiger charge is -1.92. The van der Waals surface area contributed by atoms with Gasteiger partial charge in [-0.1, -0.05) is 294 Å². The summed E-state index contributed by atoms with van der Waals surface area (Å²) in [5.41, 5.74) is 8.67. The maximum absolute atomic E-state index is 4.18. The smallest absolute Gasteiger partial charge is 0.159 e. The Labute approximate surface area is 644 Å². The molecule has 0 bridgehead atoms. The van der Waals surface area contributed by atoms with Gasteiger partial charge in [-0.3, -0.25) is 34.9 Å². The predicted octanol–water partition coefficient (Wildman–Crippen LogP) is 26.9. The monoisotopic (exact) mass is 1440 g/mol. The van der Waals surface area contributed by atoms with E-state index in [0.29, 0.717) is 0 Å². The highest BCUT2D eigenvalue weighted by Crippen LogP contribution is 2.14. The van der Waals surface area contributed by atoms with Crippen LogP contribution < -0.4 is 0 Å². The number of para-hydroxylation sites is 5. The van der Waals surface area contributed by atoms with Crippen LogP contribution in [0.4, 0.5) is 0 Å². The van der Waals surface area contributed by atoms with Gasteiger partial charge in [0.25, 0.3) is 0 Å². The van der Waals surface area contributed by atoms with Gasteiger partial charge < -0.3 is 0 Å². The van der Waals surface area contributed by atoms with Crippen molar-refractivity contribution >= 4 is 98.3 Å². The summed E-state index contributed by atoms with van der Waals surface area (Å²) >= 11 is 0. The van der Waals surface area contributed by atoms with Crippen LogP contribution in [0, 0.1) is 0 Å². The molecule has 18 aromatic rings. The lowest BCUT2D eigenvalue weighted by atomic mass is 10.1. The van der Waals surface area contributed by atoms with Crippen molar-refractivity contribution in [3.63, 3.8) is 0 Å². The number of pyridine rings is 7. The van der Waals surface area contributed by atoms with E-state index in [1.807, 2.05) is 350 Å². The minimum atomic E-state index is 0.810. The number of nitrogens with zero attached hydrogens (tertiary/aromatic N) is 13. The molecule has 0 spiro atoms. The summed E-state index contributed by atoms with van der Waals surface area (Å²) in [7, 11) is 0. The van der Waals surface area contributed by atoms with E-state index in [4.69, 9.17) is 0 Å². The minimum absolute atomic E-state index is 0.810. The van der Waals surface area contributed by atoms with Gasteiger partial charge in [0.15, 0.2) is 5.65 Å². The van der Waals surface area contributed by atoms with Crippen LogP contribution in [0.2, 0.25) is 0 Å². The van der Waals surface area contributed by atoms with Crippen LogP contribution >= 0.6 is 0 Å². The molecule has 0 unspecified atom stereocenters. The van der Waals surface area contributed by atoms with Crippen molar-refractivity contribution in [1.29, 1.82) is 0 Å². The van der Waals surface area contributed by atoms with Gasteiger partial charge in [-0.25, -0.2) is 19.9 Å². The second-order valence-corrected chi connectivity index (χ2v) is 19.3. The Bertz CT molecular complexity index is 3510. The summed E-state index contributed by atoms with van der Waals surface area (Å²) in [6.07, 6.45) is 22.8. The molecule has 0 fully saturated rings. The maximum atomic E-state index is 4.18. The fraction of sp³-hybridized carbons (Fsp3) is 0.189. The van der Waals surface area contributed by atoms with Gasteiger partial charge in [-0.15, -0.1) is 0 Å². The van der Waals surface area contributed by atoms with E-state index in [9.17, 15) is 0 Å². The molecule has 0 aliphatic carbocycles.